The van der Waals surface area contributed by atoms with Gasteiger partial charge in [-0.15, -0.1) is 0 Å². The molecule has 0 spiro atoms. The molecule has 0 bridgehead atoms. The Morgan fingerprint density at radius 3 is 2.88 bits per heavy atom. The Bertz CT molecular complexity index is 529. The molecule has 0 fully saturated rings. The fourth-order valence-electron chi connectivity index (χ4n) is 1.63. The molecule has 2 nitrogen and oxygen atoms in total. The zero-order valence-electron chi connectivity index (χ0n) is 8.85. The van der Waals surface area contributed by atoms with Crippen LogP contribution in [0, 0.1) is 0 Å². The lowest BCUT2D eigenvalue weighted by atomic mass is 10.1. The zero-order chi connectivity index (χ0) is 11.4. The first-order chi connectivity index (χ1) is 7.85. The molecule has 0 radical (unpaired) electrons. The third kappa shape index (κ3) is 1.96. The fraction of sp³-hybridized carbons (Fsp3) is 0.0714. The van der Waals surface area contributed by atoms with Crippen LogP contribution in [-0.2, 0) is 0 Å². The maximum atomic E-state index is 10.8. The van der Waals surface area contributed by atoms with Crippen LogP contribution < -0.4 is 4.74 Å². The van der Waals surface area contributed by atoms with Crippen molar-refractivity contribution in [2.24, 2.45) is 0 Å². The van der Waals surface area contributed by atoms with Crippen molar-refractivity contribution in [3.05, 3.63) is 54.6 Å². The molecule has 0 saturated carbocycles. The predicted molar refractivity (Wildman–Crippen MR) is 65.0 cm³/mol. The molecule has 2 rings (SSSR count). The van der Waals surface area contributed by atoms with Crippen LogP contribution in [0.25, 0.3) is 10.8 Å². The number of ether oxygens (including phenoxy) is 1. The Balaban J connectivity index is 2.46. The van der Waals surface area contributed by atoms with Gasteiger partial charge in [-0.05, 0) is 29.0 Å². The highest BCUT2D eigenvalue weighted by Gasteiger charge is 2.01. The minimum Gasteiger partial charge on any atom is -0.490 e. The summed E-state index contributed by atoms with van der Waals surface area (Å²) in [5.74, 6) is 0.787. The SMILES string of the molecule is C=CCOc1ccc2c(C=O)cccc2c1. The highest BCUT2D eigenvalue weighted by molar-refractivity contribution is 5.98. The van der Waals surface area contributed by atoms with Crippen LogP contribution in [0.3, 0.4) is 0 Å². The van der Waals surface area contributed by atoms with E-state index >= 15 is 0 Å². The molecule has 0 aliphatic rings. The van der Waals surface area contributed by atoms with Gasteiger partial charge in [0.15, 0.2) is 6.29 Å². The van der Waals surface area contributed by atoms with Gasteiger partial charge in [0.05, 0.1) is 0 Å². The molecular formula is C14H12O2. The van der Waals surface area contributed by atoms with E-state index in [1.165, 1.54) is 0 Å². The van der Waals surface area contributed by atoms with Gasteiger partial charge in [-0.25, -0.2) is 0 Å². The van der Waals surface area contributed by atoms with Gasteiger partial charge in [0.1, 0.15) is 12.4 Å². The monoisotopic (exact) mass is 212 g/mol. The molecule has 0 atom stereocenters. The number of carbonyl (C=O) groups excluding carboxylic acids is 1. The molecule has 2 aromatic rings. The molecule has 0 aliphatic heterocycles. The van der Waals surface area contributed by atoms with Crippen molar-refractivity contribution < 1.29 is 9.53 Å². The molecule has 80 valence electrons. The molecule has 0 saturated heterocycles. The molecule has 0 heterocycles. The lowest BCUT2D eigenvalue weighted by Crippen LogP contribution is -1.92. The number of hydrogen-bond acceptors (Lipinski definition) is 2. The summed E-state index contributed by atoms with van der Waals surface area (Å²) >= 11 is 0. The number of carbonyl (C=O) groups is 1. The summed E-state index contributed by atoms with van der Waals surface area (Å²) in [6, 6.07) is 11.3. The Kier molecular flexibility index (Phi) is 3.01. The van der Waals surface area contributed by atoms with Gasteiger partial charge in [-0.2, -0.15) is 0 Å². The normalized spacial score (nSPS) is 10.0. The van der Waals surface area contributed by atoms with E-state index in [0.29, 0.717) is 12.2 Å². The number of rotatable bonds is 4. The lowest BCUT2D eigenvalue weighted by molar-refractivity contribution is 0.112. The minimum atomic E-state index is 0.485. The quantitative estimate of drug-likeness (QED) is 0.574. The number of aldehydes is 1. The minimum absolute atomic E-state index is 0.485. The van der Waals surface area contributed by atoms with Crippen LogP contribution >= 0.6 is 0 Å². The van der Waals surface area contributed by atoms with Crippen LogP contribution in [0.1, 0.15) is 10.4 Å². The van der Waals surface area contributed by atoms with Gasteiger partial charge in [0.25, 0.3) is 0 Å². The summed E-state index contributed by atoms with van der Waals surface area (Å²) in [6.07, 6.45) is 2.57. The second-order valence-corrected chi connectivity index (χ2v) is 3.45. The molecule has 0 aliphatic carbocycles. The topological polar surface area (TPSA) is 26.3 Å². The number of fused-ring (bicyclic) bond motifs is 1. The first-order valence-electron chi connectivity index (χ1n) is 5.07. The summed E-state index contributed by atoms with van der Waals surface area (Å²) in [4.78, 5) is 10.8. The Morgan fingerprint density at radius 1 is 1.25 bits per heavy atom. The van der Waals surface area contributed by atoms with Gasteiger partial charge in [0, 0.05) is 5.56 Å². The summed E-state index contributed by atoms with van der Waals surface area (Å²) in [6.45, 7) is 4.08. The number of hydrogen-bond donors (Lipinski definition) is 0. The highest BCUT2D eigenvalue weighted by atomic mass is 16.5. The summed E-state index contributed by atoms with van der Waals surface area (Å²) in [7, 11) is 0. The van der Waals surface area contributed by atoms with E-state index in [0.717, 1.165) is 22.8 Å². The van der Waals surface area contributed by atoms with Crippen molar-refractivity contribution in [3.8, 4) is 5.75 Å². The van der Waals surface area contributed by atoms with Crippen LogP contribution in [0.5, 0.6) is 5.75 Å². The largest absolute Gasteiger partial charge is 0.490 e. The maximum Gasteiger partial charge on any atom is 0.150 e. The lowest BCUT2D eigenvalue weighted by Gasteiger charge is -2.05. The van der Waals surface area contributed by atoms with E-state index in [9.17, 15) is 4.79 Å². The third-order valence-electron chi connectivity index (χ3n) is 2.38. The van der Waals surface area contributed by atoms with Gasteiger partial charge >= 0.3 is 0 Å². The Labute approximate surface area is 94.2 Å². The summed E-state index contributed by atoms with van der Waals surface area (Å²) < 4.78 is 5.43. The second-order valence-electron chi connectivity index (χ2n) is 3.45. The van der Waals surface area contributed by atoms with Gasteiger partial charge in [0.2, 0.25) is 0 Å². The summed E-state index contributed by atoms with van der Waals surface area (Å²) in [5, 5.41) is 1.95. The standard InChI is InChI=1S/C14H12O2/c1-2-8-16-13-6-7-14-11(9-13)4-3-5-12(14)10-15/h2-7,9-10H,1,8H2. The van der Waals surface area contributed by atoms with E-state index < -0.39 is 0 Å². The average Bonchev–Trinajstić information content (AvgIpc) is 2.35. The van der Waals surface area contributed by atoms with Crippen molar-refractivity contribution in [1.82, 2.24) is 0 Å². The molecule has 16 heavy (non-hydrogen) atoms. The van der Waals surface area contributed by atoms with Crippen molar-refractivity contribution in [1.29, 1.82) is 0 Å². The second kappa shape index (κ2) is 4.62. The van der Waals surface area contributed by atoms with E-state index in [4.69, 9.17) is 4.74 Å². The maximum absolute atomic E-state index is 10.8. The molecular weight excluding hydrogens is 200 g/mol. The van der Waals surface area contributed by atoms with Crippen LogP contribution in [0.2, 0.25) is 0 Å². The van der Waals surface area contributed by atoms with Crippen LogP contribution in [0.4, 0.5) is 0 Å². The predicted octanol–water partition coefficient (Wildman–Crippen LogP) is 3.22. The van der Waals surface area contributed by atoms with Crippen molar-refractivity contribution >= 4 is 17.1 Å². The average molecular weight is 212 g/mol. The molecule has 2 heteroatoms. The number of benzene rings is 2. The fourth-order valence-corrected chi connectivity index (χ4v) is 1.63. The highest BCUT2D eigenvalue weighted by Crippen LogP contribution is 2.23. The Hall–Kier alpha value is -2.09. The molecule has 0 unspecified atom stereocenters. The van der Waals surface area contributed by atoms with Crippen molar-refractivity contribution in [2.45, 2.75) is 0 Å². The van der Waals surface area contributed by atoms with Crippen molar-refractivity contribution in [2.75, 3.05) is 6.61 Å². The first kappa shape index (κ1) is 10.4. The van der Waals surface area contributed by atoms with E-state index in [1.54, 1.807) is 12.1 Å². The molecule has 0 aromatic heterocycles. The van der Waals surface area contributed by atoms with Gasteiger partial charge < -0.3 is 4.74 Å². The van der Waals surface area contributed by atoms with Crippen LogP contribution in [-0.4, -0.2) is 12.9 Å². The summed E-state index contributed by atoms with van der Waals surface area (Å²) in [5.41, 5.74) is 0.702. The molecule has 2 aromatic carbocycles. The zero-order valence-corrected chi connectivity index (χ0v) is 8.85. The smallest absolute Gasteiger partial charge is 0.150 e. The first-order valence-corrected chi connectivity index (χ1v) is 5.07. The van der Waals surface area contributed by atoms with E-state index in [-0.39, 0.29) is 0 Å². The van der Waals surface area contributed by atoms with Crippen LogP contribution in [0.15, 0.2) is 49.1 Å². The molecule has 0 amide bonds. The van der Waals surface area contributed by atoms with Gasteiger partial charge in [-0.1, -0.05) is 30.9 Å². The molecule has 0 N–H and O–H groups in total. The van der Waals surface area contributed by atoms with Gasteiger partial charge in [-0.3, -0.25) is 4.79 Å². The third-order valence-corrected chi connectivity index (χ3v) is 2.38. The van der Waals surface area contributed by atoms with Crippen molar-refractivity contribution in [3.63, 3.8) is 0 Å². The van der Waals surface area contributed by atoms with E-state index in [1.807, 2.05) is 30.3 Å². The Morgan fingerprint density at radius 2 is 2.12 bits per heavy atom. The van der Waals surface area contributed by atoms with E-state index in [2.05, 4.69) is 6.58 Å².